The van der Waals surface area contributed by atoms with E-state index >= 15 is 0 Å². The zero-order chi connectivity index (χ0) is 14.1. The highest BCUT2D eigenvalue weighted by molar-refractivity contribution is 9.10. The number of nitrogens with zero attached hydrogens (tertiary/aromatic N) is 2. The van der Waals surface area contributed by atoms with Crippen LogP contribution in [0.25, 0.3) is 0 Å². The van der Waals surface area contributed by atoms with Gasteiger partial charge in [0.05, 0.1) is 11.6 Å². The van der Waals surface area contributed by atoms with Crippen molar-refractivity contribution < 1.29 is 4.79 Å². The number of H-pyrrole nitrogens is 1. The first-order valence-electron chi connectivity index (χ1n) is 6.42. The van der Waals surface area contributed by atoms with Crippen LogP contribution in [-0.4, -0.2) is 27.3 Å². The predicted octanol–water partition coefficient (Wildman–Crippen LogP) is 3.80. The van der Waals surface area contributed by atoms with Gasteiger partial charge in [0.1, 0.15) is 5.15 Å². The van der Waals surface area contributed by atoms with Crippen LogP contribution in [0.3, 0.4) is 0 Å². The number of halogens is 2. The molecule has 6 heteroatoms. The molecule has 1 amide bonds. The lowest BCUT2D eigenvalue weighted by atomic mass is 10.1. The second-order valence-electron chi connectivity index (χ2n) is 4.77. The summed E-state index contributed by atoms with van der Waals surface area (Å²) >= 11 is 9.38. The molecule has 2 aromatic rings. The number of likely N-dealkylation sites (tertiary alicyclic amines) is 1. The van der Waals surface area contributed by atoms with Gasteiger partial charge in [-0.2, -0.15) is 0 Å². The van der Waals surface area contributed by atoms with Crippen molar-refractivity contribution in [1.82, 2.24) is 14.9 Å². The van der Waals surface area contributed by atoms with Crippen LogP contribution in [0.5, 0.6) is 0 Å². The standard InChI is InChI=1S/C14H13BrClN3O/c15-9-7-10(13(16)18-8-9)14(20)19-6-2-4-12(19)11-3-1-5-17-11/h1,3,5,7-8,12,17H,2,4,6H2. The third-order valence-corrected chi connectivity index (χ3v) is 4.27. The summed E-state index contributed by atoms with van der Waals surface area (Å²) in [5.74, 6) is -0.0686. The molecule has 1 aliphatic heterocycles. The van der Waals surface area contributed by atoms with E-state index in [1.165, 1.54) is 0 Å². The van der Waals surface area contributed by atoms with Gasteiger partial charge < -0.3 is 9.88 Å². The number of amides is 1. The average Bonchev–Trinajstić information content (AvgIpc) is 3.10. The van der Waals surface area contributed by atoms with Gasteiger partial charge >= 0.3 is 0 Å². The molecular formula is C14H13BrClN3O. The van der Waals surface area contributed by atoms with E-state index in [2.05, 4.69) is 25.9 Å². The normalized spacial score (nSPS) is 18.5. The molecule has 3 heterocycles. The van der Waals surface area contributed by atoms with Gasteiger partial charge in [-0.3, -0.25) is 4.79 Å². The number of hydrogen-bond donors (Lipinski definition) is 1. The molecule has 104 valence electrons. The van der Waals surface area contributed by atoms with Gasteiger partial charge in [-0.1, -0.05) is 11.6 Å². The minimum absolute atomic E-state index is 0.0686. The largest absolute Gasteiger partial charge is 0.363 e. The molecule has 0 aliphatic carbocycles. The van der Waals surface area contributed by atoms with E-state index in [1.807, 2.05) is 23.2 Å². The molecule has 3 rings (SSSR count). The van der Waals surface area contributed by atoms with Crippen LogP contribution in [0.2, 0.25) is 5.15 Å². The van der Waals surface area contributed by atoms with Crippen LogP contribution < -0.4 is 0 Å². The van der Waals surface area contributed by atoms with Gasteiger partial charge in [0.2, 0.25) is 0 Å². The van der Waals surface area contributed by atoms with Crippen LogP contribution >= 0.6 is 27.5 Å². The lowest BCUT2D eigenvalue weighted by Gasteiger charge is -2.24. The Morgan fingerprint density at radius 3 is 3.15 bits per heavy atom. The van der Waals surface area contributed by atoms with Crippen molar-refractivity contribution in [2.24, 2.45) is 0 Å². The summed E-state index contributed by atoms with van der Waals surface area (Å²) in [6, 6.07) is 5.77. The minimum Gasteiger partial charge on any atom is -0.363 e. The van der Waals surface area contributed by atoms with Crippen molar-refractivity contribution in [2.75, 3.05) is 6.54 Å². The fourth-order valence-electron chi connectivity index (χ4n) is 2.61. The Hall–Kier alpha value is -1.33. The number of hydrogen-bond acceptors (Lipinski definition) is 2. The van der Waals surface area contributed by atoms with E-state index < -0.39 is 0 Å². The number of aromatic nitrogens is 2. The Balaban J connectivity index is 1.91. The summed E-state index contributed by atoms with van der Waals surface area (Å²) in [6.07, 6.45) is 5.43. The van der Waals surface area contributed by atoms with Crippen LogP contribution in [0.15, 0.2) is 35.1 Å². The molecule has 0 saturated carbocycles. The fraction of sp³-hybridized carbons (Fsp3) is 0.286. The number of aromatic amines is 1. The topological polar surface area (TPSA) is 49.0 Å². The first kappa shape index (κ1) is 13.6. The summed E-state index contributed by atoms with van der Waals surface area (Å²) in [5.41, 5.74) is 1.51. The molecule has 4 nitrogen and oxygen atoms in total. The molecule has 2 aromatic heterocycles. The second kappa shape index (κ2) is 5.58. The fourth-order valence-corrected chi connectivity index (χ4v) is 3.13. The summed E-state index contributed by atoms with van der Waals surface area (Å²) in [7, 11) is 0. The predicted molar refractivity (Wildman–Crippen MR) is 80.8 cm³/mol. The third-order valence-electron chi connectivity index (χ3n) is 3.53. The monoisotopic (exact) mass is 353 g/mol. The number of carbonyl (C=O) groups excluding carboxylic acids is 1. The van der Waals surface area contributed by atoms with Crippen molar-refractivity contribution in [3.63, 3.8) is 0 Å². The van der Waals surface area contributed by atoms with Crippen molar-refractivity contribution >= 4 is 33.4 Å². The first-order chi connectivity index (χ1) is 9.66. The van der Waals surface area contributed by atoms with E-state index in [-0.39, 0.29) is 17.1 Å². The molecule has 0 radical (unpaired) electrons. The maximum Gasteiger partial charge on any atom is 0.257 e. The Morgan fingerprint density at radius 1 is 1.55 bits per heavy atom. The quantitative estimate of drug-likeness (QED) is 0.834. The molecular weight excluding hydrogens is 342 g/mol. The summed E-state index contributed by atoms with van der Waals surface area (Å²) in [6.45, 7) is 0.741. The van der Waals surface area contributed by atoms with Gasteiger partial charge in [0.15, 0.2) is 0 Å². The van der Waals surface area contributed by atoms with E-state index in [9.17, 15) is 4.79 Å². The minimum atomic E-state index is -0.0686. The highest BCUT2D eigenvalue weighted by Crippen LogP contribution is 2.33. The molecule has 20 heavy (non-hydrogen) atoms. The third kappa shape index (κ3) is 2.47. The van der Waals surface area contributed by atoms with Crippen LogP contribution in [0.1, 0.15) is 34.9 Å². The van der Waals surface area contributed by atoms with Crippen molar-refractivity contribution in [2.45, 2.75) is 18.9 Å². The Kier molecular flexibility index (Phi) is 3.81. The number of nitrogens with one attached hydrogen (secondary N) is 1. The van der Waals surface area contributed by atoms with E-state index in [0.717, 1.165) is 29.6 Å². The van der Waals surface area contributed by atoms with Crippen molar-refractivity contribution in [1.29, 1.82) is 0 Å². The maximum atomic E-state index is 12.7. The summed E-state index contributed by atoms with van der Waals surface area (Å²) in [4.78, 5) is 21.8. The van der Waals surface area contributed by atoms with Crippen LogP contribution in [-0.2, 0) is 0 Å². The lowest BCUT2D eigenvalue weighted by Crippen LogP contribution is -2.31. The van der Waals surface area contributed by atoms with Crippen LogP contribution in [0.4, 0.5) is 0 Å². The van der Waals surface area contributed by atoms with Crippen molar-refractivity contribution in [3.05, 3.63) is 51.5 Å². The molecule has 0 bridgehead atoms. The molecule has 1 aliphatic rings. The molecule has 1 atom stereocenters. The summed E-state index contributed by atoms with van der Waals surface area (Å²) in [5, 5.41) is 0.246. The Morgan fingerprint density at radius 2 is 2.40 bits per heavy atom. The van der Waals surface area contributed by atoms with Crippen molar-refractivity contribution in [3.8, 4) is 0 Å². The molecule has 0 aromatic carbocycles. The van der Waals surface area contributed by atoms with E-state index in [0.29, 0.717) is 5.56 Å². The SMILES string of the molecule is O=C(c1cc(Br)cnc1Cl)N1CCCC1c1ccc[nH]1. The second-order valence-corrected chi connectivity index (χ2v) is 6.05. The average molecular weight is 355 g/mol. The highest BCUT2D eigenvalue weighted by atomic mass is 79.9. The van der Waals surface area contributed by atoms with Crippen LogP contribution in [0, 0.1) is 0 Å². The van der Waals surface area contributed by atoms with Gasteiger partial charge in [0.25, 0.3) is 5.91 Å². The van der Waals surface area contributed by atoms with Gasteiger partial charge in [-0.05, 0) is 47.0 Å². The van der Waals surface area contributed by atoms with Gasteiger partial charge in [-0.15, -0.1) is 0 Å². The summed E-state index contributed by atoms with van der Waals surface area (Å²) < 4.78 is 0.751. The molecule has 1 fully saturated rings. The molecule has 1 unspecified atom stereocenters. The number of pyridine rings is 1. The number of carbonyl (C=O) groups is 1. The number of rotatable bonds is 2. The zero-order valence-corrected chi connectivity index (χ0v) is 13.0. The van der Waals surface area contributed by atoms with E-state index in [1.54, 1.807) is 12.3 Å². The molecule has 1 saturated heterocycles. The van der Waals surface area contributed by atoms with Gasteiger partial charge in [0, 0.05) is 29.1 Å². The van der Waals surface area contributed by atoms with E-state index in [4.69, 9.17) is 11.6 Å². The highest BCUT2D eigenvalue weighted by Gasteiger charge is 2.32. The molecule has 1 N–H and O–H groups in total. The molecule has 0 spiro atoms. The van der Waals surface area contributed by atoms with Gasteiger partial charge in [-0.25, -0.2) is 4.98 Å². The Bertz CT molecular complexity index is 629. The lowest BCUT2D eigenvalue weighted by molar-refractivity contribution is 0.0733. The Labute approximate surface area is 130 Å². The maximum absolute atomic E-state index is 12.7. The zero-order valence-electron chi connectivity index (χ0n) is 10.6. The first-order valence-corrected chi connectivity index (χ1v) is 7.59. The smallest absolute Gasteiger partial charge is 0.257 e.